The van der Waals surface area contributed by atoms with Crippen molar-refractivity contribution in [3.63, 3.8) is 0 Å². The molecule has 0 radical (unpaired) electrons. The number of ether oxygens (including phenoxy) is 3. The second-order valence-corrected chi connectivity index (χ2v) is 6.77. The summed E-state index contributed by atoms with van der Waals surface area (Å²) in [6.07, 6.45) is 4.84. The van der Waals surface area contributed by atoms with Gasteiger partial charge in [0.1, 0.15) is 5.75 Å². The molecule has 0 saturated carbocycles. The number of anilines is 1. The first-order valence-corrected chi connectivity index (χ1v) is 9.22. The maximum Gasteiger partial charge on any atom is 0.260 e. The van der Waals surface area contributed by atoms with Crippen LogP contribution in [0.2, 0.25) is 0 Å². The normalized spacial score (nSPS) is 24.5. The molecule has 1 aromatic heterocycles. The highest BCUT2D eigenvalue weighted by atomic mass is 16.7. The van der Waals surface area contributed by atoms with Gasteiger partial charge in [-0.3, -0.25) is 0 Å². The van der Waals surface area contributed by atoms with Crippen molar-refractivity contribution in [3.8, 4) is 11.6 Å². The average Bonchev–Trinajstić information content (AvgIpc) is 3.13. The Bertz CT molecular complexity index is 794. The first-order chi connectivity index (χ1) is 12.9. The van der Waals surface area contributed by atoms with E-state index in [2.05, 4.69) is 26.3 Å². The van der Waals surface area contributed by atoms with E-state index in [0.717, 1.165) is 50.6 Å². The van der Waals surface area contributed by atoms with Crippen molar-refractivity contribution in [2.24, 2.45) is 0 Å². The molecule has 1 N–H and O–H groups in total. The highest BCUT2D eigenvalue weighted by Gasteiger charge is 2.32. The van der Waals surface area contributed by atoms with Crippen molar-refractivity contribution in [1.82, 2.24) is 15.3 Å². The summed E-state index contributed by atoms with van der Waals surface area (Å²) >= 11 is 0. The molecule has 2 atom stereocenters. The van der Waals surface area contributed by atoms with E-state index in [1.54, 1.807) is 12.4 Å². The summed E-state index contributed by atoms with van der Waals surface area (Å²) in [5, 5.41) is 3.35. The van der Waals surface area contributed by atoms with Gasteiger partial charge >= 0.3 is 0 Å². The van der Waals surface area contributed by atoms with Gasteiger partial charge in [0.05, 0.1) is 6.10 Å². The predicted octanol–water partition coefficient (Wildman–Crippen LogP) is 1.69. The van der Waals surface area contributed by atoms with Crippen LogP contribution in [0.15, 0.2) is 30.6 Å². The Balaban J connectivity index is 1.37. The first-order valence-electron chi connectivity index (χ1n) is 9.22. The zero-order chi connectivity index (χ0) is 17.3. The van der Waals surface area contributed by atoms with E-state index in [4.69, 9.17) is 14.2 Å². The van der Waals surface area contributed by atoms with Crippen molar-refractivity contribution >= 4 is 5.82 Å². The summed E-state index contributed by atoms with van der Waals surface area (Å²) in [6.45, 7) is 3.96. The number of hydrogen-bond donors (Lipinski definition) is 1. The number of benzene rings is 1. The van der Waals surface area contributed by atoms with Crippen molar-refractivity contribution in [2.75, 3.05) is 37.7 Å². The third-order valence-corrected chi connectivity index (χ3v) is 5.17. The SMILES string of the molecule is c1cc2c3c(c1)C(CC3)OC(Oc1nccnc1N1CCNCC1)CO2. The number of aromatic nitrogens is 2. The van der Waals surface area contributed by atoms with E-state index in [9.17, 15) is 0 Å². The highest BCUT2D eigenvalue weighted by molar-refractivity contribution is 5.48. The van der Waals surface area contributed by atoms with Gasteiger partial charge in [0.25, 0.3) is 5.88 Å². The van der Waals surface area contributed by atoms with Gasteiger partial charge in [0, 0.05) is 44.1 Å². The number of rotatable bonds is 3. The Morgan fingerprint density at radius 1 is 1.15 bits per heavy atom. The van der Waals surface area contributed by atoms with E-state index >= 15 is 0 Å². The Kier molecular flexibility index (Phi) is 4.10. The minimum Gasteiger partial charge on any atom is -0.487 e. The molecule has 0 amide bonds. The number of nitrogens with zero attached hydrogens (tertiary/aromatic N) is 3. The molecule has 1 aliphatic carbocycles. The minimum absolute atomic E-state index is 0.0539. The first kappa shape index (κ1) is 15.8. The Hall–Kier alpha value is -2.38. The van der Waals surface area contributed by atoms with Crippen LogP contribution in [-0.4, -0.2) is 49.0 Å². The molecule has 5 rings (SSSR count). The monoisotopic (exact) mass is 354 g/mol. The molecule has 7 nitrogen and oxygen atoms in total. The molecule has 4 bridgehead atoms. The van der Waals surface area contributed by atoms with Gasteiger partial charge in [0.15, 0.2) is 12.4 Å². The zero-order valence-corrected chi connectivity index (χ0v) is 14.6. The lowest BCUT2D eigenvalue weighted by Gasteiger charge is -2.30. The van der Waals surface area contributed by atoms with Gasteiger partial charge in [-0.15, -0.1) is 0 Å². The van der Waals surface area contributed by atoms with E-state index < -0.39 is 6.29 Å². The van der Waals surface area contributed by atoms with E-state index in [1.165, 1.54) is 11.1 Å². The number of piperazine rings is 1. The maximum absolute atomic E-state index is 6.23. The van der Waals surface area contributed by atoms with Gasteiger partial charge < -0.3 is 24.4 Å². The van der Waals surface area contributed by atoms with Crippen molar-refractivity contribution in [2.45, 2.75) is 25.2 Å². The van der Waals surface area contributed by atoms with Crippen LogP contribution in [0.4, 0.5) is 5.82 Å². The molecule has 0 spiro atoms. The quantitative estimate of drug-likeness (QED) is 0.899. The Morgan fingerprint density at radius 3 is 2.96 bits per heavy atom. The molecular formula is C19H22N4O3. The van der Waals surface area contributed by atoms with E-state index in [-0.39, 0.29) is 6.10 Å². The lowest BCUT2D eigenvalue weighted by atomic mass is 10.1. The molecule has 136 valence electrons. The standard InChI is InChI=1S/C19H22N4O3/c1-2-13-14-4-5-16(13)25-17(12-24-15(14)3-1)26-19-18(21-6-7-22-19)23-10-8-20-9-11-23/h1-3,6-7,16-17,20H,4-5,8-12H2. The van der Waals surface area contributed by atoms with Crippen LogP contribution in [0.3, 0.4) is 0 Å². The molecule has 2 aliphatic heterocycles. The van der Waals surface area contributed by atoms with Gasteiger partial charge in [-0.25, -0.2) is 9.97 Å². The maximum atomic E-state index is 6.23. The molecule has 26 heavy (non-hydrogen) atoms. The van der Waals surface area contributed by atoms with Crippen LogP contribution in [-0.2, 0) is 11.2 Å². The smallest absolute Gasteiger partial charge is 0.260 e. The Labute approximate surface area is 152 Å². The molecule has 3 aliphatic rings. The third-order valence-electron chi connectivity index (χ3n) is 5.17. The molecule has 3 heterocycles. The van der Waals surface area contributed by atoms with Gasteiger partial charge in [-0.05, 0) is 24.5 Å². The second-order valence-electron chi connectivity index (χ2n) is 6.77. The van der Waals surface area contributed by atoms with Gasteiger partial charge in [-0.1, -0.05) is 12.1 Å². The zero-order valence-electron chi connectivity index (χ0n) is 14.6. The predicted molar refractivity (Wildman–Crippen MR) is 95.6 cm³/mol. The fraction of sp³-hybridized carbons (Fsp3) is 0.474. The fourth-order valence-electron chi connectivity index (χ4n) is 3.92. The topological polar surface area (TPSA) is 68.7 Å². The van der Waals surface area contributed by atoms with Crippen molar-refractivity contribution < 1.29 is 14.2 Å². The fourth-order valence-corrected chi connectivity index (χ4v) is 3.92. The van der Waals surface area contributed by atoms with Crippen molar-refractivity contribution in [3.05, 3.63) is 41.7 Å². The van der Waals surface area contributed by atoms with Crippen LogP contribution in [0, 0.1) is 0 Å². The van der Waals surface area contributed by atoms with Crippen LogP contribution >= 0.6 is 0 Å². The highest BCUT2D eigenvalue weighted by Crippen LogP contribution is 2.41. The van der Waals surface area contributed by atoms with Crippen LogP contribution in [0.25, 0.3) is 0 Å². The van der Waals surface area contributed by atoms with Crippen LogP contribution in [0.5, 0.6) is 11.6 Å². The average molecular weight is 354 g/mol. The summed E-state index contributed by atoms with van der Waals surface area (Å²) < 4.78 is 18.4. The summed E-state index contributed by atoms with van der Waals surface area (Å²) in [5.41, 5.74) is 2.49. The Morgan fingerprint density at radius 2 is 2.04 bits per heavy atom. The summed E-state index contributed by atoms with van der Waals surface area (Å²) in [6, 6.07) is 6.18. The summed E-state index contributed by atoms with van der Waals surface area (Å²) in [7, 11) is 0. The van der Waals surface area contributed by atoms with Crippen LogP contribution < -0.4 is 19.7 Å². The molecule has 2 unspecified atom stereocenters. The third kappa shape index (κ3) is 2.87. The minimum atomic E-state index is -0.511. The molecule has 7 heteroatoms. The molecule has 2 aromatic rings. The lowest BCUT2D eigenvalue weighted by molar-refractivity contribution is -0.139. The van der Waals surface area contributed by atoms with Gasteiger partial charge in [0.2, 0.25) is 6.29 Å². The summed E-state index contributed by atoms with van der Waals surface area (Å²) in [5.74, 6) is 2.22. The second kappa shape index (κ2) is 6.74. The molecule has 1 saturated heterocycles. The van der Waals surface area contributed by atoms with Crippen molar-refractivity contribution in [1.29, 1.82) is 0 Å². The van der Waals surface area contributed by atoms with Crippen LogP contribution in [0.1, 0.15) is 23.7 Å². The van der Waals surface area contributed by atoms with E-state index in [0.29, 0.717) is 12.5 Å². The molecule has 1 aromatic carbocycles. The number of nitrogens with one attached hydrogen (secondary N) is 1. The number of hydrogen-bond acceptors (Lipinski definition) is 7. The summed E-state index contributed by atoms with van der Waals surface area (Å²) in [4.78, 5) is 11.1. The molecule has 1 fully saturated rings. The molecular weight excluding hydrogens is 332 g/mol. The van der Waals surface area contributed by atoms with E-state index in [1.807, 2.05) is 12.1 Å². The lowest BCUT2D eigenvalue weighted by Crippen LogP contribution is -2.44. The van der Waals surface area contributed by atoms with Gasteiger partial charge in [-0.2, -0.15) is 0 Å². The largest absolute Gasteiger partial charge is 0.487 e.